The van der Waals surface area contributed by atoms with Gasteiger partial charge in [-0.3, -0.25) is 14.6 Å². The maximum absolute atomic E-state index is 10.3. The standard InChI is InChI=1S/C12H22O11.C6H14N4O2.C6H9N3O2/c13-1-4-6(16)8(18)9(19)11(21-4)23-12(3-15)10(20)7(17)5(2-14)22-12;7-4(5(11)12)2-1-3-10-6(8)9;7-5(6(10)11)1-4-2-8-3-9-4/h4-11,13-20H,1-3H2;4H,1-3,7H2,(H,11,12)(H4,8,9,10);2-3,5H,1,7H2,(H,8,9)(H,10,11)/t4-,5-,6-,7-,8+,9-,10+,11-,12+;;5-/m1.0/s1. The van der Waals surface area contributed by atoms with Crippen molar-refractivity contribution in [2.75, 3.05) is 26.4 Å². The molecule has 0 bridgehead atoms. The molecule has 11 atom stereocenters. The average Bonchev–Trinajstić information content (AvgIpc) is 3.62. The van der Waals surface area contributed by atoms with Crippen molar-refractivity contribution in [2.45, 2.75) is 86.2 Å². The second-order valence-electron chi connectivity index (χ2n) is 10.2. The minimum absolute atomic E-state index is 0.0129. The molecule has 0 amide bonds. The van der Waals surface area contributed by atoms with Crippen LogP contribution in [-0.4, -0.2) is 172 Å². The number of aromatic nitrogens is 2. The molecular weight excluding hydrogens is 626 g/mol. The summed E-state index contributed by atoms with van der Waals surface area (Å²) >= 11 is 0. The number of guanidine groups is 1. The third-order valence-corrected chi connectivity index (χ3v) is 6.67. The van der Waals surface area contributed by atoms with E-state index in [2.05, 4.69) is 15.0 Å². The predicted molar refractivity (Wildman–Crippen MR) is 152 cm³/mol. The number of aliphatic hydroxyl groups excluding tert-OH is 8. The molecule has 2 aliphatic heterocycles. The van der Waals surface area contributed by atoms with E-state index >= 15 is 0 Å². The van der Waals surface area contributed by atoms with Crippen LogP contribution < -0.4 is 22.9 Å². The molecule has 3 heterocycles. The zero-order valence-electron chi connectivity index (χ0n) is 24.6. The molecule has 1 aromatic heterocycles. The third kappa shape index (κ3) is 11.9. The number of carboxylic acids is 2. The summed E-state index contributed by atoms with van der Waals surface area (Å²) in [5.41, 5.74) is 21.3. The lowest BCUT2D eigenvalue weighted by molar-refractivity contribution is -0.383. The second kappa shape index (κ2) is 19.5. The molecule has 19 N–H and O–H groups in total. The van der Waals surface area contributed by atoms with Crippen molar-refractivity contribution < 1.29 is 74.9 Å². The number of ether oxygens (including phenoxy) is 3. The fraction of sp³-hybridized carbons (Fsp3) is 0.750. The number of nitrogens with one attached hydrogen (secondary N) is 1. The van der Waals surface area contributed by atoms with Crippen LogP contribution in [-0.2, 0) is 30.2 Å². The van der Waals surface area contributed by atoms with Crippen molar-refractivity contribution >= 4 is 17.9 Å². The van der Waals surface area contributed by atoms with Crippen LogP contribution in [0, 0.1) is 0 Å². The van der Waals surface area contributed by atoms with Crippen molar-refractivity contribution in [1.82, 2.24) is 9.97 Å². The molecule has 22 heteroatoms. The summed E-state index contributed by atoms with van der Waals surface area (Å²) in [6.45, 7) is -1.90. The summed E-state index contributed by atoms with van der Waals surface area (Å²) in [5.74, 6) is -4.21. The first-order valence-electron chi connectivity index (χ1n) is 13.8. The zero-order chi connectivity index (χ0) is 35.2. The number of hydrogen-bond acceptors (Lipinski definition) is 17. The second-order valence-corrected chi connectivity index (χ2v) is 10.2. The Morgan fingerprint density at radius 3 is 2.02 bits per heavy atom. The molecule has 2 fully saturated rings. The molecule has 2 aliphatic rings. The van der Waals surface area contributed by atoms with E-state index in [-0.39, 0.29) is 12.4 Å². The number of imidazole rings is 1. The highest BCUT2D eigenvalue weighted by molar-refractivity contribution is 5.75. The fourth-order valence-corrected chi connectivity index (χ4v) is 3.99. The number of aliphatic carboxylic acids is 2. The van der Waals surface area contributed by atoms with Crippen LogP contribution in [0.4, 0.5) is 0 Å². The quantitative estimate of drug-likeness (QED) is 0.0525. The van der Waals surface area contributed by atoms with E-state index in [0.29, 0.717) is 19.4 Å². The predicted octanol–water partition coefficient (Wildman–Crippen LogP) is -7.58. The van der Waals surface area contributed by atoms with E-state index in [1.165, 1.54) is 6.33 Å². The fourth-order valence-electron chi connectivity index (χ4n) is 3.99. The smallest absolute Gasteiger partial charge is 0.320 e. The van der Waals surface area contributed by atoms with Gasteiger partial charge in [0.15, 0.2) is 12.2 Å². The van der Waals surface area contributed by atoms with Gasteiger partial charge in [0.25, 0.3) is 0 Å². The molecule has 1 aromatic rings. The van der Waals surface area contributed by atoms with Crippen LogP contribution >= 0.6 is 0 Å². The highest BCUT2D eigenvalue weighted by atomic mass is 16.8. The van der Waals surface area contributed by atoms with Crippen molar-refractivity contribution in [3.8, 4) is 0 Å². The van der Waals surface area contributed by atoms with Crippen molar-refractivity contribution in [3.05, 3.63) is 18.2 Å². The van der Waals surface area contributed by atoms with Crippen LogP contribution in [0.3, 0.4) is 0 Å². The SMILES string of the molecule is NC(N)=NCCCC(N)C(=O)O.N[C@@H](Cc1cnc[nH]1)C(=O)O.OC[C@H]1O[C@@](CO)(O[C@H]2O[C@H](CO)[C@@H](O)[C@H](O)[C@H]2O)[C@@H](O)[C@@H]1O. The minimum atomic E-state index is -2.22. The van der Waals surface area contributed by atoms with Crippen molar-refractivity contribution in [3.63, 3.8) is 0 Å². The Balaban J connectivity index is 0.000000387. The Kier molecular flexibility index (Phi) is 17.4. The largest absolute Gasteiger partial charge is 0.480 e. The van der Waals surface area contributed by atoms with E-state index in [4.69, 9.17) is 57.6 Å². The number of aromatic amines is 1. The molecule has 3 rings (SSSR count). The topological polar surface area (TPSA) is 409 Å². The Morgan fingerprint density at radius 1 is 0.957 bits per heavy atom. The van der Waals surface area contributed by atoms with Gasteiger partial charge in [-0.05, 0) is 12.8 Å². The Morgan fingerprint density at radius 2 is 1.57 bits per heavy atom. The number of hydrogen-bond donors (Lipinski definition) is 15. The van der Waals surface area contributed by atoms with Gasteiger partial charge in [0.2, 0.25) is 5.79 Å². The lowest BCUT2D eigenvalue weighted by Crippen LogP contribution is -2.62. The number of aliphatic imine (C=N–C) groups is 1. The lowest BCUT2D eigenvalue weighted by Gasteiger charge is -2.43. The number of carbonyl (C=O) groups is 2. The number of nitrogens with two attached hydrogens (primary N) is 4. The number of rotatable bonds is 13. The Labute approximate surface area is 261 Å². The van der Waals surface area contributed by atoms with Gasteiger partial charge in [0.05, 0.1) is 19.5 Å². The first-order chi connectivity index (χ1) is 21.5. The maximum Gasteiger partial charge on any atom is 0.320 e. The van der Waals surface area contributed by atoms with Crippen molar-refractivity contribution in [1.29, 1.82) is 0 Å². The lowest BCUT2D eigenvalue weighted by atomic mass is 9.99. The summed E-state index contributed by atoms with van der Waals surface area (Å²) in [4.78, 5) is 30.7. The highest BCUT2D eigenvalue weighted by Crippen LogP contribution is 2.35. The zero-order valence-corrected chi connectivity index (χ0v) is 24.6. The first-order valence-corrected chi connectivity index (χ1v) is 13.8. The molecule has 1 unspecified atom stereocenters. The van der Waals surface area contributed by atoms with Gasteiger partial charge in [0, 0.05) is 24.9 Å². The third-order valence-electron chi connectivity index (χ3n) is 6.67. The monoisotopic (exact) mass is 671 g/mol. The van der Waals surface area contributed by atoms with Gasteiger partial charge in [-0.25, -0.2) is 4.98 Å². The van der Waals surface area contributed by atoms with E-state index < -0.39 is 98.6 Å². The first kappa shape index (κ1) is 40.9. The summed E-state index contributed by atoms with van der Waals surface area (Å²) in [6.07, 6.45) is -8.36. The molecule has 266 valence electrons. The van der Waals surface area contributed by atoms with Crippen molar-refractivity contribution in [2.24, 2.45) is 27.9 Å². The van der Waals surface area contributed by atoms with Gasteiger partial charge in [-0.2, -0.15) is 0 Å². The van der Waals surface area contributed by atoms with Gasteiger partial charge >= 0.3 is 11.9 Å². The Bertz CT molecular complexity index is 1060. The molecule has 0 radical (unpaired) electrons. The Hall–Kier alpha value is -3.10. The van der Waals surface area contributed by atoms with Gasteiger partial charge in [-0.1, -0.05) is 0 Å². The minimum Gasteiger partial charge on any atom is -0.480 e. The molecule has 46 heavy (non-hydrogen) atoms. The normalized spacial score (nSPS) is 31.8. The molecule has 0 aliphatic carbocycles. The van der Waals surface area contributed by atoms with Crippen LogP contribution in [0.25, 0.3) is 0 Å². The van der Waals surface area contributed by atoms with E-state index in [1.54, 1.807) is 6.20 Å². The summed E-state index contributed by atoms with van der Waals surface area (Å²) in [5, 5.41) is 93.5. The number of nitrogens with zero attached hydrogens (tertiary/aromatic N) is 2. The molecule has 0 aromatic carbocycles. The van der Waals surface area contributed by atoms with E-state index in [1.807, 2.05) is 0 Å². The maximum atomic E-state index is 10.3. The summed E-state index contributed by atoms with van der Waals surface area (Å²) < 4.78 is 15.4. The number of carboxylic acid groups (broad SMARTS) is 2. The molecule has 2 saturated heterocycles. The average molecular weight is 672 g/mol. The molecule has 0 spiro atoms. The van der Waals surface area contributed by atoms with Gasteiger partial charge in [0.1, 0.15) is 61.4 Å². The van der Waals surface area contributed by atoms with Crippen LogP contribution in [0.2, 0.25) is 0 Å². The van der Waals surface area contributed by atoms with Gasteiger partial charge in [-0.15, -0.1) is 0 Å². The van der Waals surface area contributed by atoms with E-state index in [0.717, 1.165) is 5.69 Å². The van der Waals surface area contributed by atoms with E-state index in [9.17, 15) is 40.2 Å². The number of aliphatic hydroxyl groups is 8. The van der Waals surface area contributed by atoms with Gasteiger partial charge < -0.3 is 93.2 Å². The molecule has 22 nitrogen and oxygen atoms in total. The highest BCUT2D eigenvalue weighted by Gasteiger charge is 2.58. The summed E-state index contributed by atoms with van der Waals surface area (Å²) in [7, 11) is 0. The summed E-state index contributed by atoms with van der Waals surface area (Å²) in [6, 6.07) is -1.67. The number of H-pyrrole nitrogens is 1. The van der Waals surface area contributed by atoms with Crippen LogP contribution in [0.1, 0.15) is 18.5 Å². The van der Waals surface area contributed by atoms with Crippen LogP contribution in [0.15, 0.2) is 17.5 Å². The van der Waals surface area contributed by atoms with Crippen LogP contribution in [0.5, 0.6) is 0 Å². The molecule has 0 saturated carbocycles. The molecular formula is C24H45N7O15.